The molecule has 0 spiro atoms. The van der Waals surface area contributed by atoms with Gasteiger partial charge in [0.25, 0.3) is 5.91 Å². The van der Waals surface area contributed by atoms with E-state index in [4.69, 9.17) is 16.6 Å². The molecule has 0 aliphatic carbocycles. The fourth-order valence-corrected chi connectivity index (χ4v) is 4.17. The smallest absolute Gasteiger partial charge is 0.266 e. The van der Waals surface area contributed by atoms with E-state index in [2.05, 4.69) is 5.10 Å². The van der Waals surface area contributed by atoms with Crippen LogP contribution < -0.4 is 0 Å². The number of carbonyl (C=O) groups is 1. The number of amides is 1. The Balaban J connectivity index is 1.77. The number of thiocarbonyl (C=S) groups is 1. The minimum atomic E-state index is -0.0512. The maximum atomic E-state index is 12.7. The Morgan fingerprint density at radius 2 is 2.04 bits per heavy atom. The first-order valence-corrected chi connectivity index (χ1v) is 9.84. The Bertz CT molecular complexity index is 1010. The summed E-state index contributed by atoms with van der Waals surface area (Å²) in [5.41, 5.74) is 2.43. The van der Waals surface area contributed by atoms with Crippen molar-refractivity contribution in [1.29, 1.82) is 0 Å². The standard InChI is InChI=1S/C20H17N3O2S2/c1-2-10-22-19(24)17(27-20(22)26)12-14-13-23(15-7-4-3-5-8-15)21-18(14)16-9-6-11-25-16/h3-9,11-13H,2,10H2,1H3/b17-12-. The molecular formula is C20H17N3O2S2. The number of furan rings is 1. The van der Waals surface area contributed by atoms with Crippen molar-refractivity contribution in [1.82, 2.24) is 14.7 Å². The van der Waals surface area contributed by atoms with Gasteiger partial charge in [-0.05, 0) is 36.8 Å². The van der Waals surface area contributed by atoms with E-state index in [0.29, 0.717) is 27.2 Å². The minimum absolute atomic E-state index is 0.0512. The Morgan fingerprint density at radius 1 is 1.22 bits per heavy atom. The van der Waals surface area contributed by atoms with E-state index >= 15 is 0 Å². The summed E-state index contributed by atoms with van der Waals surface area (Å²) < 4.78 is 7.94. The highest BCUT2D eigenvalue weighted by Gasteiger charge is 2.31. The summed E-state index contributed by atoms with van der Waals surface area (Å²) in [7, 11) is 0. The molecule has 136 valence electrons. The molecule has 1 aromatic carbocycles. The summed E-state index contributed by atoms with van der Waals surface area (Å²) in [4.78, 5) is 14.9. The third-order valence-electron chi connectivity index (χ3n) is 4.13. The maximum absolute atomic E-state index is 12.7. The summed E-state index contributed by atoms with van der Waals surface area (Å²) in [6.45, 7) is 2.66. The fourth-order valence-electron chi connectivity index (χ4n) is 2.87. The molecule has 0 saturated carbocycles. The second kappa shape index (κ2) is 7.54. The molecule has 3 heterocycles. The molecule has 7 heteroatoms. The molecule has 0 radical (unpaired) electrons. The van der Waals surface area contributed by atoms with Gasteiger partial charge in [-0.25, -0.2) is 4.68 Å². The average Bonchev–Trinajstić information content (AvgIpc) is 3.40. The van der Waals surface area contributed by atoms with Crippen LogP contribution in [-0.4, -0.2) is 31.5 Å². The predicted octanol–water partition coefficient (Wildman–Crippen LogP) is 4.74. The number of hydrogen-bond donors (Lipinski definition) is 0. The zero-order valence-electron chi connectivity index (χ0n) is 14.7. The molecule has 1 aliphatic heterocycles. The van der Waals surface area contributed by atoms with E-state index in [1.165, 1.54) is 11.8 Å². The van der Waals surface area contributed by atoms with Gasteiger partial charge in [-0.2, -0.15) is 5.10 Å². The van der Waals surface area contributed by atoms with Crippen LogP contribution in [0.25, 0.3) is 23.2 Å². The van der Waals surface area contributed by atoms with E-state index in [1.54, 1.807) is 15.8 Å². The van der Waals surface area contributed by atoms with Crippen LogP contribution in [0.3, 0.4) is 0 Å². The van der Waals surface area contributed by atoms with Crippen molar-refractivity contribution in [3.8, 4) is 17.1 Å². The fraction of sp³-hybridized carbons (Fsp3) is 0.150. The van der Waals surface area contributed by atoms with Gasteiger partial charge in [0.05, 0.1) is 16.9 Å². The largest absolute Gasteiger partial charge is 0.463 e. The Kier molecular flexibility index (Phi) is 4.96. The number of rotatable bonds is 5. The predicted molar refractivity (Wildman–Crippen MR) is 111 cm³/mol. The maximum Gasteiger partial charge on any atom is 0.266 e. The van der Waals surface area contributed by atoms with E-state index in [0.717, 1.165) is 17.7 Å². The van der Waals surface area contributed by atoms with Crippen LogP contribution in [0.1, 0.15) is 18.9 Å². The first-order chi connectivity index (χ1) is 13.2. The molecule has 0 N–H and O–H groups in total. The minimum Gasteiger partial charge on any atom is -0.463 e. The van der Waals surface area contributed by atoms with Gasteiger partial charge in [0.2, 0.25) is 0 Å². The molecule has 0 unspecified atom stereocenters. The molecule has 27 heavy (non-hydrogen) atoms. The Labute approximate surface area is 166 Å². The molecule has 1 saturated heterocycles. The number of hydrogen-bond acceptors (Lipinski definition) is 5. The normalized spacial score (nSPS) is 15.9. The van der Waals surface area contributed by atoms with Gasteiger partial charge in [0.1, 0.15) is 10.0 Å². The lowest BCUT2D eigenvalue weighted by atomic mass is 10.2. The Hall–Kier alpha value is -2.64. The molecule has 3 aromatic rings. The Morgan fingerprint density at radius 3 is 2.74 bits per heavy atom. The summed E-state index contributed by atoms with van der Waals surface area (Å²) >= 11 is 6.69. The first kappa shape index (κ1) is 17.8. The molecule has 1 aliphatic rings. The number of carbonyl (C=O) groups excluding carboxylic acids is 1. The van der Waals surface area contributed by atoms with Crippen molar-refractivity contribution < 1.29 is 9.21 Å². The van der Waals surface area contributed by atoms with E-state index in [9.17, 15) is 4.79 Å². The van der Waals surface area contributed by atoms with Crippen molar-refractivity contribution in [3.63, 3.8) is 0 Å². The quantitative estimate of drug-likeness (QED) is 0.461. The van der Waals surface area contributed by atoms with Crippen LogP contribution >= 0.6 is 24.0 Å². The topological polar surface area (TPSA) is 51.3 Å². The van der Waals surface area contributed by atoms with Crippen LogP contribution in [-0.2, 0) is 4.79 Å². The van der Waals surface area contributed by atoms with Crippen LogP contribution in [0.15, 0.2) is 64.2 Å². The summed E-state index contributed by atoms with van der Waals surface area (Å²) in [5, 5.41) is 4.68. The summed E-state index contributed by atoms with van der Waals surface area (Å²) in [6.07, 6.45) is 6.23. The SMILES string of the molecule is CCCN1C(=O)/C(=C/c2cn(-c3ccccc3)nc2-c2ccco2)SC1=S. The number of thioether (sulfide) groups is 1. The molecule has 4 rings (SSSR count). The third-order valence-corrected chi connectivity index (χ3v) is 5.50. The molecule has 1 amide bonds. The zero-order valence-corrected chi connectivity index (χ0v) is 16.3. The number of aromatic nitrogens is 2. The third kappa shape index (κ3) is 3.48. The lowest BCUT2D eigenvalue weighted by molar-refractivity contribution is -0.122. The van der Waals surface area contributed by atoms with Crippen LogP contribution in [0.5, 0.6) is 0 Å². The molecular weight excluding hydrogens is 378 g/mol. The van der Waals surface area contributed by atoms with Crippen molar-refractivity contribution in [2.75, 3.05) is 6.54 Å². The molecule has 5 nitrogen and oxygen atoms in total. The van der Waals surface area contributed by atoms with Gasteiger partial charge in [-0.15, -0.1) is 0 Å². The average molecular weight is 396 g/mol. The lowest BCUT2D eigenvalue weighted by Crippen LogP contribution is -2.28. The van der Waals surface area contributed by atoms with E-state index in [1.807, 2.05) is 61.7 Å². The van der Waals surface area contributed by atoms with Crippen molar-refractivity contribution in [3.05, 3.63) is 65.4 Å². The van der Waals surface area contributed by atoms with Crippen molar-refractivity contribution in [2.24, 2.45) is 0 Å². The highest BCUT2D eigenvalue weighted by Crippen LogP contribution is 2.35. The van der Waals surface area contributed by atoms with Gasteiger partial charge >= 0.3 is 0 Å². The molecule has 2 aromatic heterocycles. The second-order valence-corrected chi connectivity index (χ2v) is 7.70. The highest BCUT2D eigenvalue weighted by atomic mass is 32.2. The monoisotopic (exact) mass is 395 g/mol. The first-order valence-electron chi connectivity index (χ1n) is 8.61. The van der Waals surface area contributed by atoms with E-state index < -0.39 is 0 Å². The van der Waals surface area contributed by atoms with Gasteiger partial charge < -0.3 is 4.42 Å². The zero-order chi connectivity index (χ0) is 18.8. The number of benzene rings is 1. The van der Waals surface area contributed by atoms with Crippen LogP contribution in [0, 0.1) is 0 Å². The molecule has 0 bridgehead atoms. The highest BCUT2D eigenvalue weighted by molar-refractivity contribution is 8.26. The summed E-state index contributed by atoms with van der Waals surface area (Å²) in [5.74, 6) is 0.602. The van der Waals surface area contributed by atoms with Gasteiger partial charge in [-0.3, -0.25) is 9.69 Å². The summed E-state index contributed by atoms with van der Waals surface area (Å²) in [6, 6.07) is 13.5. The second-order valence-electron chi connectivity index (χ2n) is 6.02. The molecule has 1 fully saturated rings. The van der Waals surface area contributed by atoms with Gasteiger partial charge in [0.15, 0.2) is 5.76 Å². The molecule has 0 atom stereocenters. The number of nitrogens with zero attached hydrogens (tertiary/aromatic N) is 3. The van der Waals surface area contributed by atoms with Crippen LogP contribution in [0.2, 0.25) is 0 Å². The number of para-hydroxylation sites is 1. The van der Waals surface area contributed by atoms with E-state index in [-0.39, 0.29) is 5.91 Å². The van der Waals surface area contributed by atoms with Crippen molar-refractivity contribution >= 4 is 40.3 Å². The lowest BCUT2D eigenvalue weighted by Gasteiger charge is -2.11. The van der Waals surface area contributed by atoms with Crippen molar-refractivity contribution in [2.45, 2.75) is 13.3 Å². The van der Waals surface area contributed by atoms with Gasteiger partial charge in [-0.1, -0.05) is 49.1 Å². The van der Waals surface area contributed by atoms with Gasteiger partial charge in [0, 0.05) is 18.3 Å². The van der Waals surface area contributed by atoms with Crippen LogP contribution in [0.4, 0.5) is 0 Å².